The van der Waals surface area contributed by atoms with Gasteiger partial charge in [0.2, 0.25) is 0 Å². The summed E-state index contributed by atoms with van der Waals surface area (Å²) in [6, 6.07) is 5.00. The average molecular weight is 268 g/mol. The number of hydrogen-bond donors (Lipinski definition) is 2. The summed E-state index contributed by atoms with van der Waals surface area (Å²) in [5.74, 6) is -0.295. The highest BCUT2D eigenvalue weighted by Gasteiger charge is 2.15. The van der Waals surface area contributed by atoms with Gasteiger partial charge >= 0.3 is 0 Å². The molecule has 0 aromatic heterocycles. The molecule has 1 saturated heterocycles. The number of nitrogens with one attached hydrogen (secondary N) is 2. The Hall–Kier alpha value is -1.20. The molecular weight excluding hydrogens is 251 g/mol. The van der Waals surface area contributed by atoms with Gasteiger partial charge < -0.3 is 15.4 Å². The molecule has 0 amide bonds. The van der Waals surface area contributed by atoms with Crippen LogP contribution in [0.25, 0.3) is 0 Å². The lowest BCUT2D eigenvalue weighted by molar-refractivity contribution is 0.114. The van der Waals surface area contributed by atoms with Gasteiger partial charge in [0, 0.05) is 13.2 Å². The van der Waals surface area contributed by atoms with E-state index in [0.29, 0.717) is 17.3 Å². The Morgan fingerprint density at radius 3 is 3.06 bits per heavy atom. The Morgan fingerprint density at radius 1 is 1.56 bits per heavy atom. The van der Waals surface area contributed by atoms with Crippen LogP contribution in [0.2, 0.25) is 0 Å². The van der Waals surface area contributed by atoms with Crippen LogP contribution < -0.4 is 10.6 Å². The van der Waals surface area contributed by atoms with Crippen molar-refractivity contribution in [2.45, 2.75) is 25.9 Å². The second-order valence-corrected chi connectivity index (χ2v) is 4.86. The lowest BCUT2D eigenvalue weighted by Crippen LogP contribution is -2.35. The molecule has 3 nitrogen and oxygen atoms in total. The maximum Gasteiger partial charge on any atom is 0.170 e. The Labute approximate surface area is 112 Å². The van der Waals surface area contributed by atoms with Gasteiger partial charge in [-0.25, -0.2) is 4.39 Å². The zero-order valence-corrected chi connectivity index (χ0v) is 11.1. The predicted molar refractivity (Wildman–Crippen MR) is 74.3 cm³/mol. The lowest BCUT2D eigenvalue weighted by atomic mass is 10.2. The first-order valence-electron chi connectivity index (χ1n) is 6.08. The molecule has 0 spiro atoms. The topological polar surface area (TPSA) is 33.3 Å². The molecule has 1 aromatic carbocycles. The summed E-state index contributed by atoms with van der Waals surface area (Å²) in [7, 11) is 0. The molecule has 0 unspecified atom stereocenters. The summed E-state index contributed by atoms with van der Waals surface area (Å²) in [5, 5.41) is 6.32. The van der Waals surface area contributed by atoms with Gasteiger partial charge in [0.25, 0.3) is 0 Å². The van der Waals surface area contributed by atoms with Crippen molar-refractivity contribution in [2.24, 2.45) is 0 Å². The van der Waals surface area contributed by atoms with Crippen molar-refractivity contribution in [3.05, 3.63) is 29.6 Å². The Balaban J connectivity index is 1.82. The molecule has 1 aliphatic heterocycles. The van der Waals surface area contributed by atoms with E-state index in [1.54, 1.807) is 6.07 Å². The van der Waals surface area contributed by atoms with Gasteiger partial charge in [0.15, 0.2) is 5.11 Å². The summed E-state index contributed by atoms with van der Waals surface area (Å²) in [6.45, 7) is 3.33. The summed E-state index contributed by atoms with van der Waals surface area (Å²) in [5.41, 5.74) is 1.28. The molecule has 5 heteroatoms. The monoisotopic (exact) mass is 268 g/mol. The third-order valence-electron chi connectivity index (χ3n) is 2.89. The summed E-state index contributed by atoms with van der Waals surface area (Å²) < 4.78 is 19.0. The van der Waals surface area contributed by atoms with Crippen LogP contribution in [-0.2, 0) is 4.74 Å². The second-order valence-electron chi connectivity index (χ2n) is 4.45. The summed E-state index contributed by atoms with van der Waals surface area (Å²) in [6.07, 6.45) is 2.36. The molecular formula is C13H17FN2OS. The molecule has 1 atom stereocenters. The Bertz CT molecular complexity index is 433. The highest BCUT2D eigenvalue weighted by Crippen LogP contribution is 2.15. The number of rotatable bonds is 3. The van der Waals surface area contributed by atoms with Gasteiger partial charge in [-0.1, -0.05) is 6.07 Å². The van der Waals surface area contributed by atoms with Crippen LogP contribution in [0, 0.1) is 12.7 Å². The minimum absolute atomic E-state index is 0.215. The van der Waals surface area contributed by atoms with Gasteiger partial charge in [0.05, 0.1) is 11.8 Å². The van der Waals surface area contributed by atoms with Crippen molar-refractivity contribution < 1.29 is 9.13 Å². The van der Waals surface area contributed by atoms with Crippen LogP contribution in [0.4, 0.5) is 10.1 Å². The lowest BCUT2D eigenvalue weighted by Gasteiger charge is -2.14. The molecule has 1 aliphatic rings. The van der Waals surface area contributed by atoms with E-state index in [2.05, 4.69) is 10.6 Å². The summed E-state index contributed by atoms with van der Waals surface area (Å²) >= 11 is 5.12. The maximum atomic E-state index is 13.6. The van der Waals surface area contributed by atoms with Crippen LogP contribution in [0.1, 0.15) is 18.4 Å². The molecule has 0 radical (unpaired) electrons. The van der Waals surface area contributed by atoms with Gasteiger partial charge in [-0.05, 0) is 49.7 Å². The zero-order valence-electron chi connectivity index (χ0n) is 10.3. The molecule has 1 aromatic rings. The number of thiocarbonyl (C=S) groups is 1. The average Bonchev–Trinajstić information content (AvgIpc) is 2.83. The van der Waals surface area contributed by atoms with Crippen molar-refractivity contribution in [1.82, 2.24) is 5.32 Å². The summed E-state index contributed by atoms with van der Waals surface area (Å²) in [4.78, 5) is 0. The molecule has 0 saturated carbocycles. The van der Waals surface area contributed by atoms with Crippen LogP contribution in [0.15, 0.2) is 18.2 Å². The second kappa shape index (κ2) is 6.11. The first kappa shape index (κ1) is 13.2. The minimum Gasteiger partial charge on any atom is -0.376 e. The van der Waals surface area contributed by atoms with E-state index in [0.717, 1.165) is 25.0 Å². The minimum atomic E-state index is -0.295. The number of aryl methyl sites for hydroxylation is 1. The zero-order chi connectivity index (χ0) is 13.0. The van der Waals surface area contributed by atoms with Crippen LogP contribution in [0.5, 0.6) is 0 Å². The molecule has 0 aliphatic carbocycles. The van der Waals surface area contributed by atoms with E-state index < -0.39 is 0 Å². The normalized spacial score (nSPS) is 18.7. The van der Waals surface area contributed by atoms with E-state index in [4.69, 9.17) is 17.0 Å². The Morgan fingerprint density at radius 2 is 2.39 bits per heavy atom. The third-order valence-corrected chi connectivity index (χ3v) is 3.13. The quantitative estimate of drug-likeness (QED) is 0.826. The van der Waals surface area contributed by atoms with Gasteiger partial charge in [0.1, 0.15) is 5.82 Å². The fourth-order valence-electron chi connectivity index (χ4n) is 1.90. The van der Waals surface area contributed by atoms with Crippen molar-refractivity contribution in [2.75, 3.05) is 18.5 Å². The first-order valence-corrected chi connectivity index (χ1v) is 6.48. The largest absolute Gasteiger partial charge is 0.376 e. The van der Waals surface area contributed by atoms with Crippen molar-refractivity contribution >= 4 is 23.0 Å². The molecule has 2 rings (SSSR count). The number of anilines is 1. The van der Waals surface area contributed by atoms with Crippen LogP contribution >= 0.6 is 12.2 Å². The van der Waals surface area contributed by atoms with Gasteiger partial charge in [-0.2, -0.15) is 0 Å². The molecule has 1 fully saturated rings. The first-order chi connectivity index (χ1) is 8.65. The number of benzene rings is 1. The number of halogens is 1. The standard InChI is InChI=1S/C13H17FN2OS/c1-9-4-5-12(11(14)7-9)16-13(18)15-8-10-3-2-6-17-10/h4-5,7,10H,2-3,6,8H2,1H3,(H2,15,16,18)/t10-/m0/s1. The highest BCUT2D eigenvalue weighted by molar-refractivity contribution is 7.80. The molecule has 2 N–H and O–H groups in total. The van der Waals surface area contributed by atoms with Gasteiger partial charge in [-0.3, -0.25) is 0 Å². The Kier molecular flexibility index (Phi) is 4.49. The SMILES string of the molecule is Cc1ccc(NC(=S)NC[C@@H]2CCCO2)c(F)c1. The van der Waals surface area contributed by atoms with Crippen LogP contribution in [0.3, 0.4) is 0 Å². The van der Waals surface area contributed by atoms with Crippen molar-refractivity contribution in [3.63, 3.8) is 0 Å². The fraction of sp³-hybridized carbons (Fsp3) is 0.462. The van der Waals surface area contributed by atoms with Crippen molar-refractivity contribution in [1.29, 1.82) is 0 Å². The van der Waals surface area contributed by atoms with E-state index in [-0.39, 0.29) is 11.9 Å². The van der Waals surface area contributed by atoms with E-state index in [1.165, 1.54) is 6.07 Å². The maximum absolute atomic E-state index is 13.6. The molecule has 98 valence electrons. The third kappa shape index (κ3) is 3.65. The highest BCUT2D eigenvalue weighted by atomic mass is 32.1. The number of ether oxygens (including phenoxy) is 1. The fourth-order valence-corrected chi connectivity index (χ4v) is 2.09. The van der Waals surface area contributed by atoms with Crippen molar-refractivity contribution in [3.8, 4) is 0 Å². The molecule has 0 bridgehead atoms. The van der Waals surface area contributed by atoms with E-state index in [9.17, 15) is 4.39 Å². The molecule has 18 heavy (non-hydrogen) atoms. The van der Waals surface area contributed by atoms with Crippen LogP contribution in [-0.4, -0.2) is 24.4 Å². The predicted octanol–water partition coefficient (Wildman–Crippen LogP) is 2.60. The number of hydrogen-bond acceptors (Lipinski definition) is 2. The van der Waals surface area contributed by atoms with Gasteiger partial charge in [-0.15, -0.1) is 0 Å². The van der Waals surface area contributed by atoms with E-state index >= 15 is 0 Å². The smallest absolute Gasteiger partial charge is 0.170 e. The van der Waals surface area contributed by atoms with E-state index in [1.807, 2.05) is 13.0 Å². The molecule has 1 heterocycles.